The molecule has 6 heteroatoms. The Morgan fingerprint density at radius 1 is 1.21 bits per heavy atom. The van der Waals surface area contributed by atoms with Gasteiger partial charge in [0.15, 0.2) is 5.96 Å². The number of benzene rings is 1. The first-order chi connectivity index (χ1) is 13.6. The maximum absolute atomic E-state index is 5.81. The molecular weight excluding hydrogens is 352 g/mol. The van der Waals surface area contributed by atoms with E-state index in [2.05, 4.69) is 65.6 Å². The Hall–Kier alpha value is -1.63. The number of guanidine groups is 1. The molecule has 6 nitrogen and oxygen atoms in total. The normalized spacial score (nSPS) is 17.0. The molecule has 0 aliphatic carbocycles. The summed E-state index contributed by atoms with van der Waals surface area (Å²) in [5.41, 5.74) is 2.61. The molecule has 1 aliphatic rings. The van der Waals surface area contributed by atoms with Gasteiger partial charge in [-0.1, -0.05) is 38.1 Å². The second-order valence-electron chi connectivity index (χ2n) is 7.59. The summed E-state index contributed by atoms with van der Waals surface area (Å²) in [6, 6.07) is 8.77. The highest BCUT2D eigenvalue weighted by molar-refractivity contribution is 5.79. The summed E-state index contributed by atoms with van der Waals surface area (Å²) in [6.07, 6.45) is 1.26. The van der Waals surface area contributed by atoms with E-state index in [9.17, 15) is 0 Å². The lowest BCUT2D eigenvalue weighted by Crippen LogP contribution is -2.39. The van der Waals surface area contributed by atoms with Gasteiger partial charge in [-0.3, -0.25) is 9.89 Å². The number of nitrogens with zero attached hydrogens (tertiary/aromatic N) is 2. The van der Waals surface area contributed by atoms with Crippen molar-refractivity contribution in [1.29, 1.82) is 0 Å². The van der Waals surface area contributed by atoms with Crippen LogP contribution in [-0.2, 0) is 22.6 Å². The zero-order valence-electron chi connectivity index (χ0n) is 18.0. The Morgan fingerprint density at radius 3 is 2.64 bits per heavy atom. The summed E-state index contributed by atoms with van der Waals surface area (Å²) in [5.74, 6) is 1.35. The van der Waals surface area contributed by atoms with E-state index in [4.69, 9.17) is 9.47 Å². The number of nitrogens with one attached hydrogen (secondary N) is 2. The van der Waals surface area contributed by atoms with E-state index in [-0.39, 0.29) is 6.10 Å². The number of aliphatic imine (C=N–C) groups is 1. The number of hydrogen-bond acceptors (Lipinski definition) is 4. The number of ether oxygens (including phenoxy) is 2. The molecular formula is C22H38N4O2. The monoisotopic (exact) mass is 390 g/mol. The van der Waals surface area contributed by atoms with Crippen molar-refractivity contribution in [2.24, 2.45) is 10.9 Å². The van der Waals surface area contributed by atoms with E-state index < -0.39 is 0 Å². The van der Waals surface area contributed by atoms with Crippen LogP contribution in [0.3, 0.4) is 0 Å². The summed E-state index contributed by atoms with van der Waals surface area (Å²) in [6.45, 7) is 13.5. The Balaban J connectivity index is 1.77. The van der Waals surface area contributed by atoms with E-state index >= 15 is 0 Å². The predicted octanol–water partition coefficient (Wildman–Crippen LogP) is 2.63. The first kappa shape index (κ1) is 22.7. The van der Waals surface area contributed by atoms with Gasteiger partial charge in [-0.15, -0.1) is 0 Å². The minimum atomic E-state index is 0.285. The molecule has 1 unspecified atom stereocenters. The van der Waals surface area contributed by atoms with Crippen molar-refractivity contribution in [3.05, 3.63) is 35.4 Å². The van der Waals surface area contributed by atoms with Crippen LogP contribution in [0, 0.1) is 5.92 Å². The standard InChI is InChI=1S/C22H38N4O2/c1-5-28-21(18(2)3)9-10-24-22(23-4)25-16-19-7-6-8-20(15-19)17-26-11-13-27-14-12-26/h6-8,15,18,21H,5,9-14,16-17H2,1-4H3,(H2,23,24,25). The second-order valence-corrected chi connectivity index (χ2v) is 7.59. The first-order valence-corrected chi connectivity index (χ1v) is 10.6. The molecule has 1 aromatic carbocycles. The van der Waals surface area contributed by atoms with Gasteiger partial charge in [0.2, 0.25) is 0 Å². The van der Waals surface area contributed by atoms with Crippen LogP contribution in [0.5, 0.6) is 0 Å². The van der Waals surface area contributed by atoms with E-state index in [1.165, 1.54) is 11.1 Å². The quantitative estimate of drug-likeness (QED) is 0.475. The molecule has 2 rings (SSSR count). The third-order valence-electron chi connectivity index (χ3n) is 5.03. The van der Waals surface area contributed by atoms with Crippen molar-refractivity contribution in [2.45, 2.75) is 46.4 Å². The highest BCUT2D eigenvalue weighted by Crippen LogP contribution is 2.11. The van der Waals surface area contributed by atoms with Crippen LogP contribution in [0.1, 0.15) is 38.3 Å². The molecule has 28 heavy (non-hydrogen) atoms. The topological polar surface area (TPSA) is 58.1 Å². The van der Waals surface area contributed by atoms with Crippen molar-refractivity contribution in [3.63, 3.8) is 0 Å². The van der Waals surface area contributed by atoms with Gasteiger partial charge < -0.3 is 20.1 Å². The zero-order valence-corrected chi connectivity index (χ0v) is 18.0. The van der Waals surface area contributed by atoms with Crippen LogP contribution in [0.15, 0.2) is 29.3 Å². The van der Waals surface area contributed by atoms with Gasteiger partial charge in [0, 0.05) is 46.4 Å². The SMILES string of the molecule is CCOC(CCNC(=NC)NCc1cccc(CN2CCOCC2)c1)C(C)C. The highest BCUT2D eigenvalue weighted by Gasteiger charge is 2.13. The Kier molecular flexibility index (Phi) is 10.3. The lowest BCUT2D eigenvalue weighted by atomic mass is 10.0. The maximum Gasteiger partial charge on any atom is 0.191 e. The van der Waals surface area contributed by atoms with Crippen molar-refractivity contribution in [1.82, 2.24) is 15.5 Å². The van der Waals surface area contributed by atoms with Crippen LogP contribution in [0.4, 0.5) is 0 Å². The predicted molar refractivity (Wildman–Crippen MR) is 116 cm³/mol. The summed E-state index contributed by atoms with van der Waals surface area (Å²) >= 11 is 0. The van der Waals surface area contributed by atoms with Gasteiger partial charge in [-0.25, -0.2) is 0 Å². The maximum atomic E-state index is 5.81. The summed E-state index contributed by atoms with van der Waals surface area (Å²) < 4.78 is 11.2. The van der Waals surface area contributed by atoms with Crippen LogP contribution >= 0.6 is 0 Å². The average molecular weight is 391 g/mol. The molecule has 2 N–H and O–H groups in total. The van der Waals surface area contributed by atoms with Crippen LogP contribution in [0.2, 0.25) is 0 Å². The third kappa shape index (κ3) is 8.17. The molecule has 0 aromatic heterocycles. The van der Waals surface area contributed by atoms with Crippen LogP contribution in [0.25, 0.3) is 0 Å². The smallest absolute Gasteiger partial charge is 0.191 e. The fraction of sp³-hybridized carbons (Fsp3) is 0.682. The van der Waals surface area contributed by atoms with Crippen molar-refractivity contribution in [3.8, 4) is 0 Å². The molecule has 0 spiro atoms. The molecule has 1 aromatic rings. The molecule has 158 valence electrons. The largest absolute Gasteiger partial charge is 0.379 e. The average Bonchev–Trinajstić information content (AvgIpc) is 2.70. The van der Waals surface area contributed by atoms with Gasteiger partial charge in [0.05, 0.1) is 19.3 Å². The molecule has 0 saturated carbocycles. The summed E-state index contributed by atoms with van der Waals surface area (Å²) in [4.78, 5) is 6.78. The fourth-order valence-electron chi connectivity index (χ4n) is 3.42. The van der Waals surface area contributed by atoms with E-state index in [0.717, 1.165) is 64.9 Å². The molecule has 0 bridgehead atoms. The van der Waals surface area contributed by atoms with Gasteiger partial charge in [0.25, 0.3) is 0 Å². The molecule has 1 fully saturated rings. The molecule has 0 amide bonds. The Bertz CT molecular complexity index is 586. The van der Waals surface area contributed by atoms with Gasteiger partial charge in [0.1, 0.15) is 0 Å². The zero-order chi connectivity index (χ0) is 20.2. The highest BCUT2D eigenvalue weighted by atomic mass is 16.5. The van der Waals surface area contributed by atoms with E-state index in [1.54, 1.807) is 0 Å². The summed E-state index contributed by atoms with van der Waals surface area (Å²) in [5, 5.41) is 6.82. The third-order valence-corrected chi connectivity index (χ3v) is 5.03. The minimum absolute atomic E-state index is 0.285. The number of morpholine rings is 1. The molecule has 1 saturated heterocycles. The lowest BCUT2D eigenvalue weighted by molar-refractivity contribution is 0.0258. The number of rotatable bonds is 10. The van der Waals surface area contributed by atoms with Crippen molar-refractivity contribution >= 4 is 5.96 Å². The van der Waals surface area contributed by atoms with Crippen LogP contribution < -0.4 is 10.6 Å². The van der Waals surface area contributed by atoms with Gasteiger partial charge in [-0.2, -0.15) is 0 Å². The molecule has 0 radical (unpaired) electrons. The Morgan fingerprint density at radius 2 is 1.96 bits per heavy atom. The van der Waals surface area contributed by atoms with Gasteiger partial charge >= 0.3 is 0 Å². The fourth-order valence-corrected chi connectivity index (χ4v) is 3.42. The molecule has 1 aliphatic heterocycles. The number of hydrogen-bond donors (Lipinski definition) is 2. The van der Waals surface area contributed by atoms with Gasteiger partial charge in [-0.05, 0) is 30.4 Å². The first-order valence-electron chi connectivity index (χ1n) is 10.6. The van der Waals surface area contributed by atoms with E-state index in [1.807, 2.05) is 7.05 Å². The van der Waals surface area contributed by atoms with Crippen LogP contribution in [-0.4, -0.2) is 63.5 Å². The van der Waals surface area contributed by atoms with Crippen molar-refractivity contribution in [2.75, 3.05) is 46.5 Å². The molecule has 1 heterocycles. The lowest BCUT2D eigenvalue weighted by Gasteiger charge is -2.26. The van der Waals surface area contributed by atoms with E-state index in [0.29, 0.717) is 5.92 Å². The summed E-state index contributed by atoms with van der Waals surface area (Å²) in [7, 11) is 1.81. The van der Waals surface area contributed by atoms with Crippen molar-refractivity contribution < 1.29 is 9.47 Å². The molecule has 1 atom stereocenters. The Labute approximate surface area is 170 Å². The second kappa shape index (κ2) is 12.8. The minimum Gasteiger partial charge on any atom is -0.379 e.